The molecule has 0 amide bonds. The SMILES string of the molecule is C=CC.CC1C(OC2CC(O)C(O)CO2)CCC2(C)C1CCC1(C)C3CCC4CCCC4C3CCC21.C[C@@H]1OC(O)CCC1O. The van der Waals surface area contributed by atoms with E-state index in [0.29, 0.717) is 36.0 Å². The zero-order valence-corrected chi connectivity index (χ0v) is 29.0. The highest BCUT2D eigenvalue weighted by Gasteiger charge is 2.63. The minimum absolute atomic E-state index is 0.179. The van der Waals surface area contributed by atoms with Gasteiger partial charge in [0.25, 0.3) is 0 Å². The lowest BCUT2D eigenvalue weighted by molar-refractivity contribution is -0.260. The van der Waals surface area contributed by atoms with Crippen molar-refractivity contribution in [3.8, 4) is 0 Å². The van der Waals surface area contributed by atoms with Crippen molar-refractivity contribution in [2.45, 2.75) is 168 Å². The molecular weight excluding hydrogens is 568 g/mol. The van der Waals surface area contributed by atoms with E-state index in [9.17, 15) is 10.2 Å². The van der Waals surface area contributed by atoms with Gasteiger partial charge in [0.2, 0.25) is 0 Å². The molecule has 7 rings (SSSR count). The number of fused-ring (bicyclic) bond motifs is 7. The molecule has 7 fully saturated rings. The third kappa shape index (κ3) is 7.26. The van der Waals surface area contributed by atoms with Crippen molar-refractivity contribution < 1.29 is 34.6 Å². The minimum Gasteiger partial charge on any atom is -0.390 e. The molecule has 7 heteroatoms. The van der Waals surface area contributed by atoms with E-state index in [1.807, 2.05) is 6.92 Å². The average Bonchev–Trinajstić information content (AvgIpc) is 3.49. The van der Waals surface area contributed by atoms with Crippen LogP contribution in [0.25, 0.3) is 0 Å². The van der Waals surface area contributed by atoms with Gasteiger partial charge in [0.15, 0.2) is 12.6 Å². The van der Waals surface area contributed by atoms with Gasteiger partial charge in [-0.05, 0) is 130 Å². The molecule has 45 heavy (non-hydrogen) atoms. The Hall–Kier alpha value is -0.540. The summed E-state index contributed by atoms with van der Waals surface area (Å²) in [7, 11) is 0. The van der Waals surface area contributed by atoms with E-state index in [1.165, 1.54) is 64.2 Å². The van der Waals surface area contributed by atoms with Crippen LogP contribution in [-0.2, 0) is 14.2 Å². The molecule has 0 aromatic carbocycles. The highest BCUT2D eigenvalue weighted by molar-refractivity contribution is 5.12. The third-order valence-corrected chi connectivity index (χ3v) is 14.2. The first-order valence-electron chi connectivity index (χ1n) is 18.6. The molecule has 2 aliphatic heterocycles. The molecule has 16 atom stereocenters. The molecule has 5 aliphatic carbocycles. The number of ether oxygens (including phenoxy) is 3. The summed E-state index contributed by atoms with van der Waals surface area (Å²) >= 11 is 0. The summed E-state index contributed by atoms with van der Waals surface area (Å²) in [6.07, 6.45) is 16.1. The molecule has 7 aliphatic rings. The maximum Gasteiger partial charge on any atom is 0.160 e. The number of hydrogen-bond acceptors (Lipinski definition) is 7. The molecule has 7 nitrogen and oxygen atoms in total. The molecule has 5 saturated carbocycles. The second-order valence-electron chi connectivity index (χ2n) is 16.5. The van der Waals surface area contributed by atoms with Crippen molar-refractivity contribution in [3.63, 3.8) is 0 Å². The lowest BCUT2D eigenvalue weighted by Gasteiger charge is -2.67. The molecule has 2 heterocycles. The highest BCUT2D eigenvalue weighted by Crippen LogP contribution is 2.70. The number of aliphatic hydroxyl groups excluding tert-OH is 4. The molecule has 15 unspecified atom stereocenters. The normalized spacial score (nSPS) is 52.3. The first kappa shape index (κ1) is 35.8. The smallest absolute Gasteiger partial charge is 0.160 e. The van der Waals surface area contributed by atoms with Crippen molar-refractivity contribution in [3.05, 3.63) is 12.7 Å². The molecule has 4 N–H and O–H groups in total. The van der Waals surface area contributed by atoms with E-state index < -0.39 is 24.6 Å². The molecule has 0 bridgehead atoms. The minimum atomic E-state index is -0.776. The summed E-state index contributed by atoms with van der Waals surface area (Å²) in [5, 5.41) is 37.8. The standard InChI is InChI=1S/C29H48O4.C6H12O3.C3H6/c1-17-21-11-13-29(3)22-9-7-18-5-4-6-19(18)20(22)8-10-26(29)28(21,2)14-12-25(17)33-27-15-23(30)24(31)16-32-27;1-4-5(7)2-3-6(8)9-4;1-3-2/h17-27,30-31H,4-16H2,1-3H3;4-8H,2-3H2,1H3;3H,1H2,2H3/t;4-,5?,6?;/m.0./s1. The third-order valence-electron chi connectivity index (χ3n) is 14.2. The summed E-state index contributed by atoms with van der Waals surface area (Å²) in [6, 6.07) is 0. The summed E-state index contributed by atoms with van der Waals surface area (Å²) in [5.74, 6) is 6.24. The quantitative estimate of drug-likeness (QED) is 0.200. The predicted molar refractivity (Wildman–Crippen MR) is 176 cm³/mol. The van der Waals surface area contributed by atoms with Crippen LogP contribution in [-0.4, -0.2) is 70.1 Å². The monoisotopic (exact) mass is 634 g/mol. The number of allylic oxidation sites excluding steroid dienone is 1. The Kier molecular flexibility index (Phi) is 11.9. The van der Waals surface area contributed by atoms with Crippen LogP contribution in [0.4, 0.5) is 0 Å². The maximum atomic E-state index is 10.1. The van der Waals surface area contributed by atoms with Crippen LogP contribution in [0.1, 0.15) is 125 Å². The molecule has 0 radical (unpaired) electrons. The predicted octanol–water partition coefficient (Wildman–Crippen LogP) is 6.60. The zero-order chi connectivity index (χ0) is 32.5. The van der Waals surface area contributed by atoms with Crippen molar-refractivity contribution in [2.75, 3.05) is 6.61 Å². The lowest BCUT2D eigenvalue weighted by Crippen LogP contribution is -2.60. The molecule has 0 aromatic heterocycles. The zero-order valence-electron chi connectivity index (χ0n) is 29.0. The van der Waals surface area contributed by atoms with Gasteiger partial charge in [0.05, 0.1) is 31.0 Å². The van der Waals surface area contributed by atoms with Crippen molar-refractivity contribution in [1.29, 1.82) is 0 Å². The van der Waals surface area contributed by atoms with Gasteiger partial charge in [-0.1, -0.05) is 39.7 Å². The summed E-state index contributed by atoms with van der Waals surface area (Å²) in [4.78, 5) is 0. The lowest BCUT2D eigenvalue weighted by atomic mass is 9.38. The molecule has 0 aromatic rings. The average molecular weight is 635 g/mol. The molecule has 0 spiro atoms. The van der Waals surface area contributed by atoms with E-state index in [4.69, 9.17) is 24.4 Å². The number of aliphatic hydroxyl groups is 4. The van der Waals surface area contributed by atoms with Gasteiger partial charge >= 0.3 is 0 Å². The van der Waals surface area contributed by atoms with Crippen molar-refractivity contribution in [2.24, 2.45) is 52.3 Å². The fraction of sp³-hybridized carbons (Fsp3) is 0.947. The first-order valence-corrected chi connectivity index (χ1v) is 18.6. The molecule has 260 valence electrons. The van der Waals surface area contributed by atoms with Crippen LogP contribution < -0.4 is 0 Å². The second-order valence-corrected chi connectivity index (χ2v) is 16.5. The Morgan fingerprint density at radius 1 is 0.756 bits per heavy atom. The Morgan fingerprint density at radius 2 is 1.47 bits per heavy atom. The van der Waals surface area contributed by atoms with E-state index in [2.05, 4.69) is 27.4 Å². The van der Waals surface area contributed by atoms with Gasteiger partial charge in [0.1, 0.15) is 6.10 Å². The number of hydrogen-bond donors (Lipinski definition) is 4. The van der Waals surface area contributed by atoms with E-state index >= 15 is 0 Å². The van der Waals surface area contributed by atoms with Gasteiger partial charge in [0, 0.05) is 12.8 Å². The van der Waals surface area contributed by atoms with E-state index in [1.54, 1.807) is 13.0 Å². The topological polar surface area (TPSA) is 109 Å². The van der Waals surface area contributed by atoms with Crippen molar-refractivity contribution in [1.82, 2.24) is 0 Å². The fourth-order valence-electron chi connectivity index (χ4n) is 11.9. The van der Waals surface area contributed by atoms with Gasteiger partial charge < -0.3 is 34.6 Å². The summed E-state index contributed by atoms with van der Waals surface area (Å²) < 4.78 is 17.1. The highest BCUT2D eigenvalue weighted by atomic mass is 16.7. The largest absolute Gasteiger partial charge is 0.390 e. The Balaban J connectivity index is 0.000000283. The molecule has 2 saturated heterocycles. The van der Waals surface area contributed by atoms with Gasteiger partial charge in [-0.2, -0.15) is 0 Å². The van der Waals surface area contributed by atoms with Crippen LogP contribution in [0.5, 0.6) is 0 Å². The van der Waals surface area contributed by atoms with Crippen molar-refractivity contribution >= 4 is 0 Å². The van der Waals surface area contributed by atoms with Gasteiger partial charge in [-0.15, -0.1) is 6.58 Å². The van der Waals surface area contributed by atoms with E-state index in [0.717, 1.165) is 41.9 Å². The van der Waals surface area contributed by atoms with E-state index in [-0.39, 0.29) is 25.1 Å². The Labute approximate surface area is 273 Å². The summed E-state index contributed by atoms with van der Waals surface area (Å²) in [6.45, 7) is 15.0. The maximum absolute atomic E-state index is 10.1. The van der Waals surface area contributed by atoms with Crippen LogP contribution in [0, 0.1) is 52.3 Å². The second kappa shape index (κ2) is 14.9. The van der Waals surface area contributed by atoms with Gasteiger partial charge in [-0.3, -0.25) is 0 Å². The summed E-state index contributed by atoms with van der Waals surface area (Å²) in [5.41, 5.74) is 0.981. The van der Waals surface area contributed by atoms with Crippen LogP contribution in [0.15, 0.2) is 12.7 Å². The Bertz CT molecular complexity index is 960. The van der Waals surface area contributed by atoms with Crippen LogP contribution in [0.3, 0.4) is 0 Å². The Morgan fingerprint density at radius 3 is 2.16 bits per heavy atom. The van der Waals surface area contributed by atoms with Crippen LogP contribution >= 0.6 is 0 Å². The number of rotatable bonds is 2. The van der Waals surface area contributed by atoms with Gasteiger partial charge in [-0.25, -0.2) is 0 Å². The van der Waals surface area contributed by atoms with Crippen LogP contribution in [0.2, 0.25) is 0 Å². The molecular formula is C38H66O7. The first-order chi connectivity index (χ1) is 21.4. The fourth-order valence-corrected chi connectivity index (χ4v) is 11.9.